The third-order valence-electron chi connectivity index (χ3n) is 5.23. The number of aryl methyl sites for hydroxylation is 1. The lowest BCUT2D eigenvalue weighted by Gasteiger charge is -2.29. The fourth-order valence-electron chi connectivity index (χ4n) is 3.59. The maximum Gasteiger partial charge on any atom is 0.259 e. The maximum atomic E-state index is 14.9. The van der Waals surface area contributed by atoms with Crippen LogP contribution in [0.15, 0.2) is 35.4 Å². The van der Waals surface area contributed by atoms with Crippen molar-refractivity contribution in [1.82, 2.24) is 14.4 Å². The number of amides is 1. The van der Waals surface area contributed by atoms with E-state index in [1.165, 1.54) is 17.2 Å². The average molecular weight is 454 g/mol. The topological polar surface area (TPSA) is 94.6 Å². The normalized spacial score (nSPS) is 15.5. The standard InChI is InChI=1S/C21H16F2N6O2S/c1-4-11-5-17(30)27-10-13(7-15(23)18(27)26-11)29-20(32)28(19(31)21(29,2)3)12-6-14(22)16(8-24)25-9-12/h5-7,9-10H,4H2,1-3H3. The summed E-state index contributed by atoms with van der Waals surface area (Å²) in [5.41, 5.74) is -1.69. The van der Waals surface area contributed by atoms with Gasteiger partial charge in [-0.1, -0.05) is 6.92 Å². The van der Waals surface area contributed by atoms with Crippen molar-refractivity contribution in [2.24, 2.45) is 0 Å². The van der Waals surface area contributed by atoms with Gasteiger partial charge in [0.05, 0.1) is 17.6 Å². The minimum atomic E-state index is -1.29. The number of anilines is 2. The second-order valence-electron chi connectivity index (χ2n) is 7.63. The molecule has 8 nitrogen and oxygen atoms in total. The Morgan fingerprint density at radius 1 is 1.16 bits per heavy atom. The smallest absolute Gasteiger partial charge is 0.259 e. The molecule has 0 unspecified atom stereocenters. The summed E-state index contributed by atoms with van der Waals surface area (Å²) in [5, 5.41) is 8.83. The van der Waals surface area contributed by atoms with E-state index in [9.17, 15) is 18.4 Å². The van der Waals surface area contributed by atoms with Gasteiger partial charge in [0, 0.05) is 30.1 Å². The quantitative estimate of drug-likeness (QED) is 0.562. The maximum absolute atomic E-state index is 14.9. The molecule has 32 heavy (non-hydrogen) atoms. The van der Waals surface area contributed by atoms with Gasteiger partial charge in [-0.05, 0) is 32.5 Å². The number of rotatable bonds is 3. The first-order chi connectivity index (χ1) is 15.1. The number of nitrogens with zero attached hydrogens (tertiary/aromatic N) is 6. The zero-order valence-electron chi connectivity index (χ0n) is 17.3. The molecule has 0 aliphatic carbocycles. The number of aromatic nitrogens is 3. The Hall–Kier alpha value is -3.78. The molecular weight excluding hydrogens is 438 g/mol. The van der Waals surface area contributed by atoms with E-state index in [-0.39, 0.29) is 22.1 Å². The Balaban J connectivity index is 1.86. The van der Waals surface area contributed by atoms with E-state index in [2.05, 4.69) is 9.97 Å². The highest BCUT2D eigenvalue weighted by Crippen LogP contribution is 2.36. The second-order valence-corrected chi connectivity index (χ2v) is 8.00. The van der Waals surface area contributed by atoms with Crippen molar-refractivity contribution in [2.75, 3.05) is 9.80 Å². The van der Waals surface area contributed by atoms with Crippen molar-refractivity contribution in [3.63, 3.8) is 0 Å². The summed E-state index contributed by atoms with van der Waals surface area (Å²) >= 11 is 5.49. The molecule has 1 saturated heterocycles. The van der Waals surface area contributed by atoms with E-state index < -0.39 is 34.3 Å². The van der Waals surface area contributed by atoms with Gasteiger partial charge in [0.25, 0.3) is 11.5 Å². The van der Waals surface area contributed by atoms with E-state index >= 15 is 0 Å². The molecule has 3 aromatic heterocycles. The van der Waals surface area contributed by atoms with Gasteiger partial charge in [0.15, 0.2) is 28.1 Å². The number of thiocarbonyl (C=S) groups is 1. The van der Waals surface area contributed by atoms with Crippen LogP contribution in [0.2, 0.25) is 0 Å². The van der Waals surface area contributed by atoms with E-state index in [1.54, 1.807) is 26.8 Å². The molecule has 0 N–H and O–H groups in total. The summed E-state index contributed by atoms with van der Waals surface area (Å²) in [4.78, 5) is 36.0. The summed E-state index contributed by atoms with van der Waals surface area (Å²) in [7, 11) is 0. The van der Waals surface area contributed by atoms with Crippen molar-refractivity contribution >= 4 is 40.3 Å². The van der Waals surface area contributed by atoms with Gasteiger partial charge in [-0.15, -0.1) is 0 Å². The van der Waals surface area contributed by atoms with Crippen LogP contribution < -0.4 is 15.4 Å². The van der Waals surface area contributed by atoms with E-state index in [1.807, 2.05) is 0 Å². The van der Waals surface area contributed by atoms with Crippen LogP contribution in [-0.4, -0.2) is 30.9 Å². The first-order valence-corrected chi connectivity index (χ1v) is 9.97. The number of pyridine rings is 2. The molecule has 3 aromatic rings. The zero-order valence-corrected chi connectivity index (χ0v) is 18.1. The Kier molecular flexibility index (Phi) is 4.97. The molecule has 4 heterocycles. The summed E-state index contributed by atoms with van der Waals surface area (Å²) in [5.74, 6) is -2.18. The van der Waals surface area contributed by atoms with Crippen LogP contribution in [0.3, 0.4) is 0 Å². The Labute approximate surface area is 186 Å². The molecule has 1 amide bonds. The number of hydrogen-bond donors (Lipinski definition) is 0. The van der Waals surface area contributed by atoms with Gasteiger partial charge in [-0.25, -0.2) is 18.7 Å². The highest BCUT2D eigenvalue weighted by atomic mass is 32.1. The van der Waals surface area contributed by atoms with E-state index in [0.29, 0.717) is 12.1 Å². The second kappa shape index (κ2) is 7.42. The summed E-state index contributed by atoms with van der Waals surface area (Å²) < 4.78 is 30.1. The molecule has 0 aromatic carbocycles. The molecule has 0 bridgehead atoms. The minimum Gasteiger partial charge on any atom is -0.302 e. The highest BCUT2D eigenvalue weighted by Gasteiger charge is 2.50. The largest absolute Gasteiger partial charge is 0.302 e. The molecule has 0 atom stereocenters. The summed E-state index contributed by atoms with van der Waals surface area (Å²) in [6.45, 7) is 4.94. The van der Waals surface area contributed by atoms with Crippen LogP contribution >= 0.6 is 12.2 Å². The van der Waals surface area contributed by atoms with Crippen molar-refractivity contribution < 1.29 is 13.6 Å². The molecule has 11 heteroatoms. The van der Waals surface area contributed by atoms with E-state index in [4.69, 9.17) is 17.5 Å². The van der Waals surface area contributed by atoms with E-state index in [0.717, 1.165) is 27.6 Å². The molecule has 1 fully saturated rings. The molecule has 0 radical (unpaired) electrons. The molecule has 0 spiro atoms. The van der Waals surface area contributed by atoms with Gasteiger partial charge in [0.2, 0.25) is 0 Å². The number of hydrogen-bond acceptors (Lipinski definition) is 6. The zero-order chi connectivity index (χ0) is 23.4. The predicted octanol–water partition coefficient (Wildman–Crippen LogP) is 2.72. The van der Waals surface area contributed by atoms with Crippen LogP contribution in [0, 0.1) is 23.0 Å². The molecule has 162 valence electrons. The number of fused-ring (bicyclic) bond motifs is 1. The monoisotopic (exact) mass is 454 g/mol. The SMILES string of the molecule is CCc1cc(=O)n2cc(N3C(=S)N(c4cnc(C#N)c(F)c4)C(=O)C3(C)C)cc(F)c2n1. The third-order valence-corrected chi connectivity index (χ3v) is 5.60. The fraction of sp³-hybridized carbons (Fsp3) is 0.238. The number of halogens is 2. The minimum absolute atomic E-state index is 0.0276. The predicted molar refractivity (Wildman–Crippen MR) is 116 cm³/mol. The van der Waals surface area contributed by atoms with Gasteiger partial charge < -0.3 is 4.90 Å². The van der Waals surface area contributed by atoms with Crippen LogP contribution in [-0.2, 0) is 11.2 Å². The lowest BCUT2D eigenvalue weighted by atomic mass is 10.0. The Morgan fingerprint density at radius 2 is 1.84 bits per heavy atom. The molecule has 1 aliphatic rings. The van der Waals surface area contributed by atoms with Crippen molar-refractivity contribution in [2.45, 2.75) is 32.7 Å². The van der Waals surface area contributed by atoms with Crippen molar-refractivity contribution in [3.8, 4) is 6.07 Å². The van der Waals surface area contributed by atoms with Gasteiger partial charge in [-0.2, -0.15) is 5.26 Å². The van der Waals surface area contributed by atoms with Crippen LogP contribution in [0.25, 0.3) is 5.65 Å². The van der Waals surface area contributed by atoms with Crippen LogP contribution in [0.5, 0.6) is 0 Å². The first kappa shape index (κ1) is 21.5. The first-order valence-electron chi connectivity index (χ1n) is 9.56. The molecule has 0 saturated carbocycles. The molecule has 4 rings (SSSR count). The van der Waals surface area contributed by atoms with Crippen LogP contribution in [0.1, 0.15) is 32.2 Å². The number of carbonyl (C=O) groups is 1. The Morgan fingerprint density at radius 3 is 2.47 bits per heavy atom. The number of carbonyl (C=O) groups excluding carboxylic acids is 1. The number of nitriles is 1. The van der Waals surface area contributed by atoms with Crippen LogP contribution in [0.4, 0.5) is 20.2 Å². The highest BCUT2D eigenvalue weighted by molar-refractivity contribution is 7.81. The average Bonchev–Trinajstić information content (AvgIpc) is 2.92. The third kappa shape index (κ3) is 3.11. The van der Waals surface area contributed by atoms with Gasteiger partial charge in [-0.3, -0.25) is 18.9 Å². The summed E-state index contributed by atoms with van der Waals surface area (Å²) in [6.07, 6.45) is 2.98. The molecular formula is C21H16F2N6O2S. The van der Waals surface area contributed by atoms with Gasteiger partial charge in [0.1, 0.15) is 11.6 Å². The molecule has 1 aliphatic heterocycles. The van der Waals surface area contributed by atoms with Crippen molar-refractivity contribution in [3.05, 3.63) is 64.0 Å². The lowest BCUT2D eigenvalue weighted by Crippen LogP contribution is -2.44. The summed E-state index contributed by atoms with van der Waals surface area (Å²) in [6, 6.07) is 5.05. The van der Waals surface area contributed by atoms with Crippen molar-refractivity contribution in [1.29, 1.82) is 5.26 Å². The Bertz CT molecular complexity index is 1410. The lowest BCUT2D eigenvalue weighted by molar-refractivity contribution is -0.120. The fourth-order valence-corrected chi connectivity index (χ4v) is 4.11. The van der Waals surface area contributed by atoms with Gasteiger partial charge >= 0.3 is 0 Å².